The number of carbonyl (C=O) groups excluding carboxylic acids is 1. The Balaban J connectivity index is 1.43. The van der Waals surface area contributed by atoms with E-state index in [1.165, 1.54) is 29.0 Å². The zero-order valence-corrected chi connectivity index (χ0v) is 17.5. The van der Waals surface area contributed by atoms with Crippen LogP contribution in [0.5, 0.6) is 0 Å². The highest BCUT2D eigenvalue weighted by molar-refractivity contribution is 8.16. The van der Waals surface area contributed by atoms with Crippen LogP contribution in [0.2, 0.25) is 0 Å². The van der Waals surface area contributed by atoms with Gasteiger partial charge in [-0.1, -0.05) is 23.9 Å². The molecule has 1 heterocycles. The van der Waals surface area contributed by atoms with Gasteiger partial charge in [0.25, 0.3) is 0 Å². The minimum absolute atomic E-state index is 0.0710. The fourth-order valence-electron chi connectivity index (χ4n) is 3.13. The first kappa shape index (κ1) is 20.7. The average Bonchev–Trinajstić information content (AvgIpc) is 3.47. The molecule has 2 aromatic carbocycles. The van der Waals surface area contributed by atoms with Gasteiger partial charge in [0.15, 0.2) is 0 Å². The summed E-state index contributed by atoms with van der Waals surface area (Å²) in [7, 11) is 1.74. The van der Waals surface area contributed by atoms with E-state index < -0.39 is 10.7 Å². The molecule has 9 nitrogen and oxygen atoms in total. The quantitative estimate of drug-likeness (QED) is 0.631. The Hall–Kier alpha value is -3.55. The number of anilines is 1. The third-order valence-electron chi connectivity index (χ3n) is 4.96. The monoisotopic (exact) mass is 436 g/mol. The highest BCUT2D eigenvalue weighted by Crippen LogP contribution is 2.50. The number of amidine groups is 1. The van der Waals surface area contributed by atoms with E-state index in [9.17, 15) is 9.59 Å². The van der Waals surface area contributed by atoms with Crippen molar-refractivity contribution in [3.8, 4) is 6.07 Å². The first-order valence-corrected chi connectivity index (χ1v) is 10.4. The van der Waals surface area contributed by atoms with Crippen LogP contribution in [0.15, 0.2) is 53.6 Å². The van der Waals surface area contributed by atoms with E-state index in [4.69, 9.17) is 10.4 Å². The molecular formula is C21H20N6O3S. The Morgan fingerprint density at radius 1 is 1.29 bits per heavy atom. The van der Waals surface area contributed by atoms with E-state index in [1.54, 1.807) is 42.4 Å². The molecule has 0 unspecified atom stereocenters. The van der Waals surface area contributed by atoms with Crippen LogP contribution in [0, 0.1) is 11.3 Å². The molecule has 1 fully saturated rings. The largest absolute Gasteiger partial charge is 0.478 e. The van der Waals surface area contributed by atoms with E-state index >= 15 is 0 Å². The fraction of sp³-hybridized carbons (Fsp3) is 0.238. The van der Waals surface area contributed by atoms with Crippen LogP contribution >= 0.6 is 11.8 Å². The van der Waals surface area contributed by atoms with Crippen LogP contribution in [0.3, 0.4) is 0 Å². The molecule has 0 atom stereocenters. The zero-order chi connectivity index (χ0) is 22.0. The Bertz CT molecular complexity index is 1090. The van der Waals surface area contributed by atoms with Gasteiger partial charge in [0.1, 0.15) is 4.75 Å². The molecule has 1 amide bonds. The number of rotatable bonds is 6. The molecule has 0 saturated heterocycles. The van der Waals surface area contributed by atoms with Gasteiger partial charge < -0.3 is 10.4 Å². The predicted octanol–water partition coefficient (Wildman–Crippen LogP) is 2.28. The molecule has 1 aliphatic carbocycles. The lowest BCUT2D eigenvalue weighted by Crippen LogP contribution is -2.42. The van der Waals surface area contributed by atoms with Crippen molar-refractivity contribution in [1.29, 1.82) is 5.26 Å². The molecule has 0 aromatic heterocycles. The lowest BCUT2D eigenvalue weighted by atomic mass is 10.1. The number of hydrazone groups is 1. The van der Waals surface area contributed by atoms with Gasteiger partial charge in [-0.2, -0.15) is 5.26 Å². The summed E-state index contributed by atoms with van der Waals surface area (Å²) in [4.78, 5) is 24.0. The number of nitrogens with zero attached hydrogens (tertiary/aromatic N) is 4. The van der Waals surface area contributed by atoms with Crippen LogP contribution in [-0.2, 0) is 11.3 Å². The summed E-state index contributed by atoms with van der Waals surface area (Å²) in [6, 6.07) is 15.7. The normalized spacial score (nSPS) is 16.5. The van der Waals surface area contributed by atoms with Crippen LogP contribution in [0.25, 0.3) is 0 Å². The average molecular weight is 436 g/mol. The van der Waals surface area contributed by atoms with Gasteiger partial charge in [-0.15, -0.1) is 10.6 Å². The standard InChI is InChI=1S/C21H20N6O3S/c1-26-24-20(27(25-26)17-7-5-16(6-8-17)18(28)29)31-21(9-10-21)19(30)23-13-15-4-2-3-14(11-15)12-22/h2-8,11,25H,9-10,13H2,1H3,(H,23,30)(H,28,29). The Labute approximate surface area is 183 Å². The molecule has 31 heavy (non-hydrogen) atoms. The molecule has 10 heteroatoms. The summed E-state index contributed by atoms with van der Waals surface area (Å²) in [6.45, 7) is 0.349. The van der Waals surface area contributed by atoms with Gasteiger partial charge in [0.05, 0.1) is 22.9 Å². The number of carbonyl (C=O) groups is 2. The number of amides is 1. The van der Waals surface area contributed by atoms with Crippen LogP contribution in [0.4, 0.5) is 5.69 Å². The molecule has 1 aliphatic heterocycles. The lowest BCUT2D eigenvalue weighted by Gasteiger charge is -2.22. The van der Waals surface area contributed by atoms with E-state index in [-0.39, 0.29) is 11.5 Å². The molecule has 0 spiro atoms. The maximum absolute atomic E-state index is 12.9. The summed E-state index contributed by atoms with van der Waals surface area (Å²) in [5.41, 5.74) is 5.39. The van der Waals surface area contributed by atoms with Gasteiger partial charge in [-0.05, 0) is 54.8 Å². The van der Waals surface area contributed by atoms with Crippen molar-refractivity contribution in [3.05, 3.63) is 65.2 Å². The summed E-state index contributed by atoms with van der Waals surface area (Å²) < 4.78 is -0.599. The first-order valence-electron chi connectivity index (χ1n) is 9.59. The molecule has 0 bridgehead atoms. The Morgan fingerprint density at radius 2 is 2.03 bits per heavy atom. The fourth-order valence-corrected chi connectivity index (χ4v) is 4.35. The van der Waals surface area contributed by atoms with Crippen LogP contribution < -0.4 is 15.9 Å². The summed E-state index contributed by atoms with van der Waals surface area (Å²) in [5, 5.41) is 29.4. The van der Waals surface area contributed by atoms with Crippen molar-refractivity contribution < 1.29 is 14.7 Å². The number of thioether (sulfide) groups is 1. The number of aromatic carboxylic acids is 1. The van der Waals surface area contributed by atoms with Crippen LogP contribution in [0.1, 0.15) is 34.3 Å². The number of carboxylic acids is 1. The minimum Gasteiger partial charge on any atom is -0.478 e. The van der Waals surface area contributed by atoms with Crippen molar-refractivity contribution in [1.82, 2.24) is 16.0 Å². The molecule has 2 aliphatic rings. The highest BCUT2D eigenvalue weighted by atomic mass is 32.2. The SMILES string of the molecule is CN1N=C(SC2(C(=O)NCc3cccc(C#N)c3)CC2)N(c2ccc(C(=O)O)cc2)N1. The smallest absolute Gasteiger partial charge is 0.335 e. The van der Waals surface area contributed by atoms with E-state index in [2.05, 4.69) is 22.0 Å². The molecule has 2 aromatic rings. The molecule has 4 rings (SSSR count). The number of carboxylic acid groups (broad SMARTS) is 1. The van der Waals surface area contributed by atoms with Gasteiger partial charge in [-0.25, -0.2) is 14.9 Å². The van der Waals surface area contributed by atoms with Crippen molar-refractivity contribution in [2.24, 2.45) is 5.10 Å². The first-order chi connectivity index (χ1) is 14.9. The molecule has 158 valence electrons. The Morgan fingerprint density at radius 3 is 2.68 bits per heavy atom. The van der Waals surface area contributed by atoms with Crippen molar-refractivity contribution in [2.45, 2.75) is 24.1 Å². The van der Waals surface area contributed by atoms with E-state index in [1.807, 2.05) is 6.07 Å². The number of nitrogens with one attached hydrogen (secondary N) is 2. The third kappa shape index (κ3) is 4.47. The topological polar surface area (TPSA) is 121 Å². The summed E-state index contributed by atoms with van der Waals surface area (Å²) in [6.07, 6.45) is 1.46. The van der Waals surface area contributed by atoms with E-state index in [0.29, 0.717) is 23.0 Å². The maximum atomic E-state index is 12.9. The second kappa shape index (κ2) is 8.29. The lowest BCUT2D eigenvalue weighted by molar-refractivity contribution is -0.121. The summed E-state index contributed by atoms with van der Waals surface area (Å²) in [5.74, 6) is -1.06. The Kier molecular flexibility index (Phi) is 5.54. The summed E-state index contributed by atoms with van der Waals surface area (Å²) >= 11 is 1.38. The van der Waals surface area contributed by atoms with Crippen molar-refractivity contribution >= 4 is 34.5 Å². The zero-order valence-electron chi connectivity index (χ0n) is 16.7. The molecular weight excluding hydrogens is 416 g/mol. The number of nitriles is 1. The molecule has 3 N–H and O–H groups in total. The van der Waals surface area contributed by atoms with E-state index in [0.717, 1.165) is 18.4 Å². The second-order valence-corrected chi connectivity index (χ2v) is 8.64. The van der Waals surface area contributed by atoms with Gasteiger partial charge in [0.2, 0.25) is 11.1 Å². The second-order valence-electron chi connectivity index (χ2n) is 7.28. The molecule has 1 saturated carbocycles. The predicted molar refractivity (Wildman–Crippen MR) is 117 cm³/mol. The highest BCUT2D eigenvalue weighted by Gasteiger charge is 2.53. The minimum atomic E-state index is -0.991. The number of benzene rings is 2. The molecule has 0 radical (unpaired) electrons. The number of hydrazine groups is 2. The van der Waals surface area contributed by atoms with Gasteiger partial charge >= 0.3 is 5.97 Å². The maximum Gasteiger partial charge on any atom is 0.335 e. The van der Waals surface area contributed by atoms with Gasteiger partial charge in [-0.3, -0.25) is 4.79 Å². The van der Waals surface area contributed by atoms with Gasteiger partial charge in [0, 0.05) is 13.6 Å². The van der Waals surface area contributed by atoms with Crippen LogP contribution in [-0.4, -0.2) is 39.1 Å². The third-order valence-corrected chi connectivity index (χ3v) is 6.39. The number of hydrogen-bond donors (Lipinski definition) is 3. The van der Waals surface area contributed by atoms with Crippen molar-refractivity contribution in [3.63, 3.8) is 0 Å². The van der Waals surface area contributed by atoms with Crippen molar-refractivity contribution in [2.75, 3.05) is 12.1 Å². The number of hydrogen-bond acceptors (Lipinski definition) is 8.